The van der Waals surface area contributed by atoms with Gasteiger partial charge in [-0.25, -0.2) is 0 Å². The van der Waals surface area contributed by atoms with Crippen LogP contribution in [0.2, 0.25) is 0 Å². The predicted octanol–water partition coefficient (Wildman–Crippen LogP) is 3.48. The van der Waals surface area contributed by atoms with E-state index in [1.54, 1.807) is 36.4 Å². The van der Waals surface area contributed by atoms with Crippen molar-refractivity contribution in [1.29, 1.82) is 0 Å². The highest BCUT2D eigenvalue weighted by atomic mass is 32.2. The fourth-order valence-electron chi connectivity index (χ4n) is 3.08. The van der Waals surface area contributed by atoms with Crippen LogP contribution < -0.4 is 19.5 Å². The molecule has 2 heterocycles. The number of benzene rings is 1. The van der Waals surface area contributed by atoms with Gasteiger partial charge in [0.2, 0.25) is 11.7 Å². The van der Waals surface area contributed by atoms with E-state index in [2.05, 4.69) is 5.32 Å². The van der Waals surface area contributed by atoms with Crippen molar-refractivity contribution in [3.05, 3.63) is 52.3 Å². The number of thioether (sulfide) groups is 1. The Morgan fingerprint density at radius 2 is 1.82 bits per heavy atom. The number of ether oxygens (including phenoxy) is 3. The van der Waals surface area contributed by atoms with E-state index in [1.165, 1.54) is 27.4 Å². The zero-order valence-corrected chi connectivity index (χ0v) is 19.5. The summed E-state index contributed by atoms with van der Waals surface area (Å²) in [7, 11) is 4.49. The third kappa shape index (κ3) is 5.78. The number of nitrogens with one attached hydrogen (secondary N) is 1. The van der Waals surface area contributed by atoms with Crippen LogP contribution in [0.25, 0.3) is 12.2 Å². The summed E-state index contributed by atoms with van der Waals surface area (Å²) in [5.74, 6) is 1.81. The number of carbonyl (C=O) groups is 3. The number of rotatable bonds is 9. The van der Waals surface area contributed by atoms with Crippen molar-refractivity contribution >= 4 is 41.0 Å². The highest BCUT2D eigenvalue weighted by Crippen LogP contribution is 2.40. The van der Waals surface area contributed by atoms with Gasteiger partial charge in [-0.15, -0.1) is 0 Å². The average Bonchev–Trinajstić information content (AvgIpc) is 3.34. The van der Waals surface area contributed by atoms with E-state index < -0.39 is 11.1 Å². The predicted molar refractivity (Wildman–Crippen MR) is 124 cm³/mol. The molecule has 1 saturated heterocycles. The first-order chi connectivity index (χ1) is 15.9. The minimum absolute atomic E-state index is 0.0523. The summed E-state index contributed by atoms with van der Waals surface area (Å²) < 4.78 is 21.3. The monoisotopic (exact) mass is 472 g/mol. The van der Waals surface area contributed by atoms with Crippen LogP contribution in [0, 0.1) is 6.92 Å². The van der Waals surface area contributed by atoms with Crippen LogP contribution in [0.5, 0.6) is 17.2 Å². The molecule has 1 aromatic heterocycles. The number of amides is 3. The van der Waals surface area contributed by atoms with Gasteiger partial charge in [0, 0.05) is 19.2 Å². The van der Waals surface area contributed by atoms with Crippen molar-refractivity contribution < 1.29 is 33.0 Å². The summed E-state index contributed by atoms with van der Waals surface area (Å²) in [4.78, 5) is 38.4. The van der Waals surface area contributed by atoms with Crippen LogP contribution in [0.3, 0.4) is 0 Å². The second-order valence-corrected chi connectivity index (χ2v) is 7.86. The highest BCUT2D eigenvalue weighted by Gasteiger charge is 2.34. The molecule has 1 fully saturated rings. The number of nitrogens with zero attached hydrogens (tertiary/aromatic N) is 1. The first kappa shape index (κ1) is 24.0. The van der Waals surface area contributed by atoms with Gasteiger partial charge in [-0.3, -0.25) is 19.3 Å². The molecule has 1 aliphatic rings. The van der Waals surface area contributed by atoms with Gasteiger partial charge in [-0.05, 0) is 60.7 Å². The number of hydrogen-bond donors (Lipinski definition) is 1. The molecule has 0 unspecified atom stereocenters. The van der Waals surface area contributed by atoms with Crippen molar-refractivity contribution in [1.82, 2.24) is 10.2 Å². The molecule has 1 N–H and O–H groups in total. The van der Waals surface area contributed by atoms with Crippen LogP contribution >= 0.6 is 11.8 Å². The van der Waals surface area contributed by atoms with Crippen molar-refractivity contribution in [2.24, 2.45) is 0 Å². The van der Waals surface area contributed by atoms with E-state index >= 15 is 0 Å². The molecule has 0 radical (unpaired) electrons. The first-order valence-corrected chi connectivity index (χ1v) is 10.8. The molecular weight excluding hydrogens is 448 g/mol. The fourth-order valence-corrected chi connectivity index (χ4v) is 3.94. The molecule has 0 saturated carbocycles. The van der Waals surface area contributed by atoms with E-state index in [1.807, 2.05) is 6.92 Å². The minimum Gasteiger partial charge on any atom is -0.493 e. The highest BCUT2D eigenvalue weighted by molar-refractivity contribution is 8.18. The summed E-state index contributed by atoms with van der Waals surface area (Å²) in [5.41, 5.74) is 0.613. The first-order valence-electron chi connectivity index (χ1n) is 9.94. The molecule has 0 spiro atoms. The number of imide groups is 1. The largest absolute Gasteiger partial charge is 0.493 e. The molecule has 0 bridgehead atoms. The number of methoxy groups -OCH3 is 3. The van der Waals surface area contributed by atoms with E-state index in [0.717, 1.165) is 22.4 Å². The summed E-state index contributed by atoms with van der Waals surface area (Å²) in [5, 5.41) is 2.24. The zero-order valence-electron chi connectivity index (χ0n) is 18.7. The molecule has 0 aliphatic carbocycles. The Kier molecular flexibility index (Phi) is 7.83. The Morgan fingerprint density at radius 3 is 2.39 bits per heavy atom. The average molecular weight is 473 g/mol. The van der Waals surface area contributed by atoms with E-state index in [4.69, 9.17) is 18.6 Å². The molecule has 9 nitrogen and oxygen atoms in total. The van der Waals surface area contributed by atoms with E-state index in [-0.39, 0.29) is 23.9 Å². The second kappa shape index (κ2) is 10.8. The number of furan rings is 1. The third-order valence-electron chi connectivity index (χ3n) is 4.65. The zero-order chi connectivity index (χ0) is 24.0. The molecular formula is C23H24N2O7S. The van der Waals surface area contributed by atoms with Gasteiger partial charge < -0.3 is 23.9 Å². The van der Waals surface area contributed by atoms with Crippen LogP contribution in [-0.2, 0) is 9.59 Å². The van der Waals surface area contributed by atoms with Crippen molar-refractivity contribution in [2.75, 3.05) is 34.4 Å². The van der Waals surface area contributed by atoms with Crippen molar-refractivity contribution in [3.63, 3.8) is 0 Å². The van der Waals surface area contributed by atoms with Gasteiger partial charge in [0.05, 0.1) is 26.2 Å². The smallest absolute Gasteiger partial charge is 0.293 e. The van der Waals surface area contributed by atoms with Crippen LogP contribution in [0.4, 0.5) is 4.79 Å². The summed E-state index contributed by atoms with van der Waals surface area (Å²) in [6, 6.07) is 6.91. The van der Waals surface area contributed by atoms with Gasteiger partial charge in [0.15, 0.2) is 11.5 Å². The maximum Gasteiger partial charge on any atom is 0.293 e. The van der Waals surface area contributed by atoms with Gasteiger partial charge in [0.1, 0.15) is 11.5 Å². The maximum absolute atomic E-state index is 12.7. The van der Waals surface area contributed by atoms with E-state index in [0.29, 0.717) is 28.6 Å². The molecule has 174 valence electrons. The lowest BCUT2D eigenvalue weighted by Gasteiger charge is -2.13. The van der Waals surface area contributed by atoms with Gasteiger partial charge in [-0.1, -0.05) is 0 Å². The Bertz CT molecular complexity index is 1090. The Balaban J connectivity index is 1.63. The Hall–Kier alpha value is -3.66. The standard InChI is InChI=1S/C23H24N2O7S/c1-14-5-6-16(32-14)7-8-20(26)24-9-10-25-22(27)19(33-23(25)28)13-15-11-17(29-2)21(31-4)18(12-15)30-3/h5-8,11-13H,9-10H2,1-4H3,(H,24,26)/b8-7+,19-13-. The van der Waals surface area contributed by atoms with Gasteiger partial charge >= 0.3 is 0 Å². The lowest BCUT2D eigenvalue weighted by Crippen LogP contribution is -2.36. The van der Waals surface area contributed by atoms with Gasteiger partial charge in [-0.2, -0.15) is 0 Å². The quantitative estimate of drug-likeness (QED) is 0.553. The topological polar surface area (TPSA) is 107 Å². The normalized spacial score (nSPS) is 14.9. The SMILES string of the molecule is COc1cc(/C=C2\SC(=O)N(CCNC(=O)/C=C/c3ccc(C)o3)C2=O)cc(OC)c1OC. The molecule has 33 heavy (non-hydrogen) atoms. The second-order valence-electron chi connectivity index (χ2n) is 6.86. The lowest BCUT2D eigenvalue weighted by molar-refractivity contribution is -0.123. The molecule has 3 amide bonds. The fraction of sp³-hybridized carbons (Fsp3) is 0.261. The number of aryl methyl sites for hydroxylation is 1. The Morgan fingerprint density at radius 1 is 1.12 bits per heavy atom. The molecule has 3 rings (SSSR count). The molecule has 1 aliphatic heterocycles. The molecule has 1 aromatic carbocycles. The lowest BCUT2D eigenvalue weighted by atomic mass is 10.1. The van der Waals surface area contributed by atoms with Crippen LogP contribution in [-0.4, -0.2) is 56.4 Å². The Labute approximate surface area is 195 Å². The van der Waals surface area contributed by atoms with Gasteiger partial charge in [0.25, 0.3) is 11.1 Å². The maximum atomic E-state index is 12.7. The molecule has 0 atom stereocenters. The summed E-state index contributed by atoms with van der Waals surface area (Å²) >= 11 is 0.829. The third-order valence-corrected chi connectivity index (χ3v) is 5.56. The molecule has 10 heteroatoms. The van der Waals surface area contributed by atoms with Crippen LogP contribution in [0.1, 0.15) is 17.1 Å². The van der Waals surface area contributed by atoms with Crippen molar-refractivity contribution in [2.45, 2.75) is 6.92 Å². The molecule has 2 aromatic rings. The summed E-state index contributed by atoms with van der Waals surface area (Å²) in [6.07, 6.45) is 4.46. The minimum atomic E-state index is -0.436. The number of hydrogen-bond acceptors (Lipinski definition) is 8. The summed E-state index contributed by atoms with van der Waals surface area (Å²) in [6.45, 7) is 1.98. The van der Waals surface area contributed by atoms with E-state index in [9.17, 15) is 14.4 Å². The van der Waals surface area contributed by atoms with Crippen molar-refractivity contribution in [3.8, 4) is 17.2 Å². The van der Waals surface area contributed by atoms with Crippen LogP contribution in [0.15, 0.2) is 39.7 Å². The number of carbonyl (C=O) groups excluding carboxylic acids is 3.